The van der Waals surface area contributed by atoms with Crippen molar-refractivity contribution in [2.45, 2.75) is 46.4 Å². The maximum atomic E-state index is 11.5. The van der Waals surface area contributed by atoms with Crippen LogP contribution in [0.2, 0.25) is 0 Å². The zero-order valence-corrected chi connectivity index (χ0v) is 12.2. The molecule has 0 aliphatic rings. The lowest BCUT2D eigenvalue weighted by atomic mass is 10.2. The van der Waals surface area contributed by atoms with Gasteiger partial charge in [0.2, 0.25) is 0 Å². The molecule has 0 bridgehead atoms. The first-order chi connectivity index (χ1) is 9.02. The molecule has 0 saturated heterocycles. The average Bonchev–Trinajstić information content (AvgIpc) is 2.38. The van der Waals surface area contributed by atoms with Gasteiger partial charge in [0.15, 0.2) is 6.10 Å². The lowest BCUT2D eigenvalue weighted by molar-refractivity contribution is -0.127. The number of carbonyl (C=O) groups is 1. The van der Waals surface area contributed by atoms with Crippen molar-refractivity contribution in [1.29, 1.82) is 0 Å². The molecule has 0 aliphatic carbocycles. The summed E-state index contributed by atoms with van der Waals surface area (Å²) in [4.78, 5) is 11.5. The van der Waals surface area contributed by atoms with Gasteiger partial charge in [-0.15, -0.1) is 0 Å². The summed E-state index contributed by atoms with van der Waals surface area (Å²) in [6, 6.07) is 8.28. The Labute approximate surface area is 115 Å². The second kappa shape index (κ2) is 7.79. The van der Waals surface area contributed by atoms with Gasteiger partial charge in [0, 0.05) is 19.1 Å². The largest absolute Gasteiger partial charge is 0.481 e. The van der Waals surface area contributed by atoms with Crippen LogP contribution in [0.5, 0.6) is 5.75 Å². The van der Waals surface area contributed by atoms with Crippen molar-refractivity contribution in [2.24, 2.45) is 0 Å². The van der Waals surface area contributed by atoms with Crippen LogP contribution in [0, 0.1) is 0 Å². The Bertz CT molecular complexity index is 388. The van der Waals surface area contributed by atoms with Crippen LogP contribution >= 0.6 is 0 Å². The highest BCUT2D eigenvalue weighted by Crippen LogP contribution is 2.14. The summed E-state index contributed by atoms with van der Waals surface area (Å²) in [5.41, 5.74) is 1.20. The minimum Gasteiger partial charge on any atom is -0.481 e. The molecule has 19 heavy (non-hydrogen) atoms. The highest BCUT2D eigenvalue weighted by atomic mass is 16.5. The summed E-state index contributed by atoms with van der Waals surface area (Å²) in [7, 11) is 0. The first-order valence-electron chi connectivity index (χ1n) is 6.79. The van der Waals surface area contributed by atoms with Crippen LogP contribution < -0.4 is 15.4 Å². The van der Waals surface area contributed by atoms with Gasteiger partial charge in [-0.1, -0.05) is 26.0 Å². The fourth-order valence-corrected chi connectivity index (χ4v) is 1.58. The topological polar surface area (TPSA) is 50.4 Å². The van der Waals surface area contributed by atoms with Gasteiger partial charge in [-0.25, -0.2) is 0 Å². The summed E-state index contributed by atoms with van der Waals surface area (Å²) >= 11 is 0. The molecule has 106 valence electrons. The van der Waals surface area contributed by atoms with Gasteiger partial charge < -0.3 is 15.4 Å². The van der Waals surface area contributed by atoms with Gasteiger partial charge in [-0.3, -0.25) is 4.79 Å². The second-order valence-electron chi connectivity index (χ2n) is 4.83. The molecule has 1 rings (SSSR count). The van der Waals surface area contributed by atoms with E-state index in [0.29, 0.717) is 18.3 Å². The van der Waals surface area contributed by atoms with Crippen LogP contribution in [-0.2, 0) is 11.3 Å². The molecule has 1 atom stereocenters. The normalized spacial score (nSPS) is 12.3. The lowest BCUT2D eigenvalue weighted by Gasteiger charge is -2.14. The molecular formula is C15H24N2O2. The van der Waals surface area contributed by atoms with Gasteiger partial charge in [0.05, 0.1) is 0 Å². The van der Waals surface area contributed by atoms with Crippen molar-refractivity contribution in [3.63, 3.8) is 0 Å². The molecule has 0 aliphatic heterocycles. The zero-order chi connectivity index (χ0) is 14.3. The van der Waals surface area contributed by atoms with E-state index >= 15 is 0 Å². The monoisotopic (exact) mass is 264 g/mol. The molecule has 0 heterocycles. The van der Waals surface area contributed by atoms with E-state index in [2.05, 4.69) is 24.5 Å². The number of ether oxygens (including phenoxy) is 1. The molecule has 4 heteroatoms. The summed E-state index contributed by atoms with van der Waals surface area (Å²) in [6.07, 6.45) is -0.473. The third kappa shape index (κ3) is 5.75. The summed E-state index contributed by atoms with van der Waals surface area (Å²) < 4.78 is 5.58. The van der Waals surface area contributed by atoms with E-state index in [1.807, 2.05) is 31.2 Å². The molecular weight excluding hydrogens is 240 g/mol. The number of likely N-dealkylation sites (N-methyl/N-ethyl adjacent to an activating group) is 1. The van der Waals surface area contributed by atoms with E-state index in [9.17, 15) is 4.79 Å². The van der Waals surface area contributed by atoms with Crippen molar-refractivity contribution >= 4 is 5.91 Å². The molecule has 2 N–H and O–H groups in total. The number of nitrogens with one attached hydrogen (secondary N) is 2. The van der Waals surface area contributed by atoms with E-state index in [4.69, 9.17) is 4.74 Å². The number of hydrogen-bond donors (Lipinski definition) is 2. The number of benzene rings is 1. The van der Waals surface area contributed by atoms with E-state index in [1.165, 1.54) is 5.56 Å². The molecule has 1 aromatic rings. The third-order valence-electron chi connectivity index (χ3n) is 2.67. The van der Waals surface area contributed by atoms with E-state index < -0.39 is 6.10 Å². The smallest absolute Gasteiger partial charge is 0.260 e. The fourth-order valence-electron chi connectivity index (χ4n) is 1.58. The fraction of sp³-hybridized carbons (Fsp3) is 0.533. The van der Waals surface area contributed by atoms with Crippen molar-refractivity contribution in [3.05, 3.63) is 29.8 Å². The molecule has 1 aromatic carbocycles. The van der Waals surface area contributed by atoms with Crippen LogP contribution in [0.3, 0.4) is 0 Å². The molecule has 0 saturated carbocycles. The Morgan fingerprint density at radius 3 is 2.37 bits per heavy atom. The molecule has 1 amide bonds. The van der Waals surface area contributed by atoms with Gasteiger partial charge >= 0.3 is 0 Å². The van der Waals surface area contributed by atoms with Crippen molar-refractivity contribution in [1.82, 2.24) is 10.6 Å². The SMILES string of the molecule is CCNC(=O)C(C)Oc1ccc(CNC(C)C)cc1. The van der Waals surface area contributed by atoms with Crippen LogP contribution in [0.1, 0.15) is 33.3 Å². The van der Waals surface area contributed by atoms with Gasteiger partial charge in [-0.05, 0) is 31.5 Å². The zero-order valence-electron chi connectivity index (χ0n) is 12.2. The van der Waals surface area contributed by atoms with Crippen molar-refractivity contribution < 1.29 is 9.53 Å². The van der Waals surface area contributed by atoms with E-state index in [0.717, 1.165) is 6.54 Å². The molecule has 0 spiro atoms. The quantitative estimate of drug-likeness (QED) is 0.793. The highest BCUT2D eigenvalue weighted by molar-refractivity contribution is 5.80. The number of hydrogen-bond acceptors (Lipinski definition) is 3. The minimum atomic E-state index is -0.473. The predicted molar refractivity (Wildman–Crippen MR) is 77.2 cm³/mol. The van der Waals surface area contributed by atoms with Crippen LogP contribution in [0.25, 0.3) is 0 Å². The Morgan fingerprint density at radius 2 is 1.84 bits per heavy atom. The Balaban J connectivity index is 2.49. The Hall–Kier alpha value is -1.55. The second-order valence-corrected chi connectivity index (χ2v) is 4.83. The third-order valence-corrected chi connectivity index (χ3v) is 2.67. The van der Waals surface area contributed by atoms with Gasteiger partial charge in [0.1, 0.15) is 5.75 Å². The molecule has 0 aromatic heterocycles. The first-order valence-corrected chi connectivity index (χ1v) is 6.79. The Morgan fingerprint density at radius 1 is 1.21 bits per heavy atom. The van der Waals surface area contributed by atoms with Crippen LogP contribution in [0.4, 0.5) is 0 Å². The molecule has 0 fully saturated rings. The summed E-state index contributed by atoms with van der Waals surface area (Å²) in [6.45, 7) is 9.33. The standard InChI is InChI=1S/C15H24N2O2/c1-5-16-15(18)12(4)19-14-8-6-13(7-9-14)10-17-11(2)3/h6-9,11-12,17H,5,10H2,1-4H3,(H,16,18). The number of carbonyl (C=O) groups excluding carboxylic acids is 1. The van der Waals surface area contributed by atoms with Crippen molar-refractivity contribution in [3.8, 4) is 5.75 Å². The van der Waals surface area contributed by atoms with E-state index in [1.54, 1.807) is 6.92 Å². The number of rotatable bonds is 7. The van der Waals surface area contributed by atoms with Crippen LogP contribution in [0.15, 0.2) is 24.3 Å². The van der Waals surface area contributed by atoms with E-state index in [-0.39, 0.29) is 5.91 Å². The number of amides is 1. The lowest BCUT2D eigenvalue weighted by Crippen LogP contribution is -2.36. The predicted octanol–water partition coefficient (Wildman–Crippen LogP) is 2.09. The maximum absolute atomic E-state index is 11.5. The summed E-state index contributed by atoms with van der Waals surface area (Å²) in [5, 5.41) is 6.09. The summed E-state index contributed by atoms with van der Waals surface area (Å²) in [5.74, 6) is 0.625. The molecule has 4 nitrogen and oxygen atoms in total. The van der Waals surface area contributed by atoms with Gasteiger partial charge in [-0.2, -0.15) is 0 Å². The average molecular weight is 264 g/mol. The minimum absolute atomic E-state index is 0.0898. The molecule has 0 radical (unpaired) electrons. The Kier molecular flexibility index (Phi) is 6.36. The highest BCUT2D eigenvalue weighted by Gasteiger charge is 2.13. The van der Waals surface area contributed by atoms with Gasteiger partial charge in [0.25, 0.3) is 5.91 Å². The first kappa shape index (κ1) is 15.5. The van der Waals surface area contributed by atoms with Crippen LogP contribution in [-0.4, -0.2) is 24.6 Å². The maximum Gasteiger partial charge on any atom is 0.260 e. The van der Waals surface area contributed by atoms with Crippen molar-refractivity contribution in [2.75, 3.05) is 6.54 Å². The molecule has 1 unspecified atom stereocenters.